The maximum absolute atomic E-state index is 5.83. The number of ether oxygens (including phenoxy) is 1. The second-order valence-corrected chi connectivity index (χ2v) is 4.80. The summed E-state index contributed by atoms with van der Waals surface area (Å²) < 4.78 is 6.88. The fourth-order valence-electron chi connectivity index (χ4n) is 1.55. The Hall–Kier alpha value is -1.48. The van der Waals surface area contributed by atoms with Crippen LogP contribution >= 0.6 is 15.9 Å². The molecular weight excluding hydrogens is 278 g/mol. The van der Waals surface area contributed by atoms with Gasteiger partial charge >= 0.3 is 0 Å². The predicted octanol–water partition coefficient (Wildman–Crippen LogP) is 4.17. The Morgan fingerprint density at radius 2 is 1.59 bits per heavy atom. The fraction of sp³-hybridized carbons (Fsp3) is 0.143. The van der Waals surface area contributed by atoms with Gasteiger partial charge in [0.1, 0.15) is 11.9 Å². The fourth-order valence-corrected chi connectivity index (χ4v) is 1.82. The molecule has 0 radical (unpaired) electrons. The molecule has 1 unspecified atom stereocenters. The third-order valence-electron chi connectivity index (χ3n) is 2.53. The summed E-state index contributed by atoms with van der Waals surface area (Å²) in [5.74, 6) is 0.859. The number of hydrogen-bond donors (Lipinski definition) is 1. The third kappa shape index (κ3) is 3.24. The van der Waals surface area contributed by atoms with E-state index in [9.17, 15) is 0 Å². The summed E-state index contributed by atoms with van der Waals surface area (Å²) in [7, 11) is 0. The molecule has 0 spiro atoms. The molecule has 0 aromatic heterocycles. The lowest BCUT2D eigenvalue weighted by Gasteiger charge is -2.15. The molecular formula is C14H14BrNO. The zero-order valence-corrected chi connectivity index (χ0v) is 11.1. The van der Waals surface area contributed by atoms with Crippen LogP contribution in [0.2, 0.25) is 0 Å². The van der Waals surface area contributed by atoms with Gasteiger partial charge < -0.3 is 10.5 Å². The molecule has 0 fully saturated rings. The second kappa shape index (κ2) is 5.23. The van der Waals surface area contributed by atoms with E-state index in [0.29, 0.717) is 0 Å². The predicted molar refractivity (Wildman–Crippen MR) is 74.0 cm³/mol. The van der Waals surface area contributed by atoms with Gasteiger partial charge in [0.05, 0.1) is 0 Å². The summed E-state index contributed by atoms with van der Waals surface area (Å²) in [6.07, 6.45) is 0.0109. The molecule has 0 aliphatic heterocycles. The van der Waals surface area contributed by atoms with Crippen molar-refractivity contribution in [3.05, 3.63) is 58.6 Å². The van der Waals surface area contributed by atoms with E-state index in [1.54, 1.807) is 0 Å². The van der Waals surface area contributed by atoms with E-state index < -0.39 is 0 Å². The Morgan fingerprint density at radius 1 is 1.00 bits per heavy atom. The van der Waals surface area contributed by atoms with Gasteiger partial charge in [-0.2, -0.15) is 0 Å². The van der Waals surface area contributed by atoms with Crippen molar-refractivity contribution < 1.29 is 4.74 Å². The highest BCUT2D eigenvalue weighted by molar-refractivity contribution is 9.10. The molecule has 1 atom stereocenters. The molecule has 0 saturated carbocycles. The Bertz CT molecular complexity index is 479. The summed E-state index contributed by atoms with van der Waals surface area (Å²) in [5, 5.41) is 0. The van der Waals surface area contributed by atoms with Crippen LogP contribution in [0.25, 0.3) is 0 Å². The van der Waals surface area contributed by atoms with Crippen molar-refractivity contribution in [3.63, 3.8) is 0 Å². The van der Waals surface area contributed by atoms with E-state index in [0.717, 1.165) is 21.5 Å². The SMILES string of the molecule is CC(Oc1ccc(Br)cc1)c1ccc(N)cc1. The van der Waals surface area contributed by atoms with E-state index in [-0.39, 0.29) is 6.10 Å². The van der Waals surface area contributed by atoms with Crippen molar-refractivity contribution in [3.8, 4) is 5.75 Å². The van der Waals surface area contributed by atoms with Crippen LogP contribution in [-0.2, 0) is 0 Å². The number of benzene rings is 2. The Kier molecular flexibility index (Phi) is 3.69. The third-order valence-corrected chi connectivity index (χ3v) is 3.06. The molecule has 17 heavy (non-hydrogen) atoms. The zero-order chi connectivity index (χ0) is 12.3. The molecule has 3 heteroatoms. The molecule has 0 saturated heterocycles. The number of halogens is 1. The second-order valence-electron chi connectivity index (χ2n) is 3.88. The van der Waals surface area contributed by atoms with Crippen LogP contribution in [-0.4, -0.2) is 0 Å². The molecule has 2 rings (SSSR count). The maximum Gasteiger partial charge on any atom is 0.121 e. The van der Waals surface area contributed by atoms with Crippen LogP contribution in [0.3, 0.4) is 0 Å². The van der Waals surface area contributed by atoms with Gasteiger partial charge in [-0.3, -0.25) is 0 Å². The molecule has 0 bridgehead atoms. The van der Waals surface area contributed by atoms with Gasteiger partial charge in [-0.25, -0.2) is 0 Å². The summed E-state index contributed by atoms with van der Waals surface area (Å²) in [6.45, 7) is 2.02. The number of nitrogen functional groups attached to an aromatic ring is 1. The van der Waals surface area contributed by atoms with Crippen molar-refractivity contribution in [1.29, 1.82) is 0 Å². The van der Waals surface area contributed by atoms with Crippen LogP contribution in [0.15, 0.2) is 53.0 Å². The highest BCUT2D eigenvalue weighted by Crippen LogP contribution is 2.23. The van der Waals surface area contributed by atoms with Crippen molar-refractivity contribution in [2.45, 2.75) is 13.0 Å². The lowest BCUT2D eigenvalue weighted by atomic mass is 10.1. The van der Waals surface area contributed by atoms with Crippen LogP contribution in [0, 0.1) is 0 Å². The molecule has 0 aliphatic rings. The molecule has 2 aromatic rings. The van der Waals surface area contributed by atoms with Gasteiger partial charge in [0.2, 0.25) is 0 Å². The Labute approximate surface area is 110 Å². The number of rotatable bonds is 3. The summed E-state index contributed by atoms with van der Waals surface area (Å²) >= 11 is 3.40. The first kappa shape index (κ1) is 12.0. The normalized spacial score (nSPS) is 12.1. The summed E-state index contributed by atoms with van der Waals surface area (Å²) in [5.41, 5.74) is 7.53. The Morgan fingerprint density at radius 3 is 2.18 bits per heavy atom. The average Bonchev–Trinajstić information content (AvgIpc) is 2.33. The average molecular weight is 292 g/mol. The minimum atomic E-state index is 0.0109. The van der Waals surface area contributed by atoms with E-state index in [4.69, 9.17) is 10.5 Å². The van der Waals surface area contributed by atoms with Gasteiger partial charge in [-0.15, -0.1) is 0 Å². The lowest BCUT2D eigenvalue weighted by molar-refractivity contribution is 0.227. The molecule has 2 N–H and O–H groups in total. The van der Waals surface area contributed by atoms with Crippen LogP contribution in [0.1, 0.15) is 18.6 Å². The van der Waals surface area contributed by atoms with Gasteiger partial charge in [0.25, 0.3) is 0 Å². The smallest absolute Gasteiger partial charge is 0.121 e. The monoisotopic (exact) mass is 291 g/mol. The van der Waals surface area contributed by atoms with E-state index in [1.807, 2.05) is 55.5 Å². The Balaban J connectivity index is 2.08. The zero-order valence-electron chi connectivity index (χ0n) is 9.56. The van der Waals surface area contributed by atoms with Crippen LogP contribution in [0.5, 0.6) is 5.75 Å². The molecule has 2 nitrogen and oxygen atoms in total. The van der Waals surface area contributed by atoms with Crippen LogP contribution < -0.4 is 10.5 Å². The number of nitrogens with two attached hydrogens (primary N) is 1. The molecule has 0 aliphatic carbocycles. The standard InChI is InChI=1S/C14H14BrNO/c1-10(11-2-6-13(16)7-3-11)17-14-8-4-12(15)5-9-14/h2-10H,16H2,1H3. The molecule has 0 heterocycles. The highest BCUT2D eigenvalue weighted by atomic mass is 79.9. The minimum absolute atomic E-state index is 0.0109. The first-order valence-electron chi connectivity index (χ1n) is 5.43. The van der Waals surface area contributed by atoms with E-state index in [1.165, 1.54) is 0 Å². The van der Waals surface area contributed by atoms with E-state index in [2.05, 4.69) is 15.9 Å². The topological polar surface area (TPSA) is 35.2 Å². The lowest BCUT2D eigenvalue weighted by Crippen LogP contribution is -2.03. The van der Waals surface area contributed by atoms with Gasteiger partial charge in [0, 0.05) is 10.2 Å². The molecule has 88 valence electrons. The quantitative estimate of drug-likeness (QED) is 0.862. The molecule has 0 amide bonds. The van der Waals surface area contributed by atoms with Crippen molar-refractivity contribution in [1.82, 2.24) is 0 Å². The van der Waals surface area contributed by atoms with Gasteiger partial charge in [0.15, 0.2) is 0 Å². The van der Waals surface area contributed by atoms with E-state index >= 15 is 0 Å². The summed E-state index contributed by atoms with van der Waals surface area (Å²) in [6, 6.07) is 15.6. The highest BCUT2D eigenvalue weighted by Gasteiger charge is 2.06. The van der Waals surface area contributed by atoms with Crippen molar-refractivity contribution in [2.24, 2.45) is 0 Å². The maximum atomic E-state index is 5.83. The minimum Gasteiger partial charge on any atom is -0.486 e. The van der Waals surface area contributed by atoms with Gasteiger partial charge in [-0.05, 0) is 48.9 Å². The molecule has 2 aromatic carbocycles. The first-order chi connectivity index (χ1) is 8.15. The largest absolute Gasteiger partial charge is 0.486 e. The number of anilines is 1. The number of hydrogen-bond acceptors (Lipinski definition) is 2. The van der Waals surface area contributed by atoms with Crippen LogP contribution in [0.4, 0.5) is 5.69 Å². The first-order valence-corrected chi connectivity index (χ1v) is 6.22. The van der Waals surface area contributed by atoms with Gasteiger partial charge in [-0.1, -0.05) is 28.1 Å². The van der Waals surface area contributed by atoms with Crippen molar-refractivity contribution in [2.75, 3.05) is 5.73 Å². The van der Waals surface area contributed by atoms with Crippen molar-refractivity contribution >= 4 is 21.6 Å². The summed E-state index contributed by atoms with van der Waals surface area (Å²) in [4.78, 5) is 0.